The third-order valence-electron chi connectivity index (χ3n) is 2.37. The van der Waals surface area contributed by atoms with E-state index in [-0.39, 0.29) is 18.1 Å². The van der Waals surface area contributed by atoms with Crippen LogP contribution in [0.5, 0.6) is 0 Å². The molecule has 2 heterocycles. The van der Waals surface area contributed by atoms with Crippen molar-refractivity contribution in [1.82, 2.24) is 19.0 Å². The van der Waals surface area contributed by atoms with Crippen molar-refractivity contribution < 1.29 is 14.7 Å². The van der Waals surface area contributed by atoms with Crippen molar-refractivity contribution >= 4 is 23.6 Å². The molecule has 1 aromatic heterocycles. The molecule has 0 spiro atoms. The Hall–Kier alpha value is -1.54. The molecule has 86 valence electrons. The minimum absolute atomic E-state index is 0.207. The van der Waals surface area contributed by atoms with Gasteiger partial charge in [-0.15, -0.1) is 0 Å². The number of hydrogen-bond acceptors (Lipinski definition) is 6. The fourth-order valence-electron chi connectivity index (χ4n) is 1.57. The highest BCUT2D eigenvalue weighted by atomic mass is 32.1. The lowest BCUT2D eigenvalue weighted by molar-refractivity contribution is -0.142. The molecule has 1 aliphatic heterocycles. The lowest BCUT2D eigenvalue weighted by atomic mass is 10.2. The van der Waals surface area contributed by atoms with Gasteiger partial charge in [-0.25, -0.2) is 4.79 Å². The summed E-state index contributed by atoms with van der Waals surface area (Å²) < 4.78 is 7.54. The van der Waals surface area contributed by atoms with E-state index in [9.17, 15) is 9.59 Å². The van der Waals surface area contributed by atoms with Crippen LogP contribution in [0.25, 0.3) is 0 Å². The number of nitrogens with zero attached hydrogens (tertiary/aromatic N) is 3. The number of hydrogen-bond donors (Lipinski definition) is 2. The number of carboxylic acid groups (broad SMARTS) is 1. The second kappa shape index (κ2) is 4.54. The molecule has 8 heteroatoms. The maximum Gasteiger partial charge on any atom is 0.327 e. The van der Waals surface area contributed by atoms with E-state index >= 15 is 0 Å². The zero-order chi connectivity index (χ0) is 11.5. The molecule has 0 aromatic carbocycles. The van der Waals surface area contributed by atoms with Gasteiger partial charge in [0.1, 0.15) is 6.04 Å². The van der Waals surface area contributed by atoms with E-state index < -0.39 is 12.0 Å². The highest BCUT2D eigenvalue weighted by Gasteiger charge is 2.33. The van der Waals surface area contributed by atoms with E-state index in [4.69, 9.17) is 5.11 Å². The lowest BCUT2D eigenvalue weighted by Crippen LogP contribution is -2.57. The Labute approximate surface area is 95.4 Å². The molecule has 2 N–H and O–H groups in total. The van der Waals surface area contributed by atoms with Crippen LogP contribution in [-0.4, -0.2) is 56.3 Å². The molecule has 1 fully saturated rings. The maximum absolute atomic E-state index is 11.9. The standard InChI is InChI=1S/C8H10N4O3S/c13-7(5-3-10-16-11-5)12-2-1-9-4-6(12)8(14)15/h3,6,9H,1-2,4H2,(H,14,15). The number of aromatic nitrogens is 2. The van der Waals surface area contributed by atoms with Crippen LogP contribution in [0.3, 0.4) is 0 Å². The summed E-state index contributed by atoms with van der Waals surface area (Å²) in [6, 6.07) is -0.831. The van der Waals surface area contributed by atoms with Crippen molar-refractivity contribution in [2.24, 2.45) is 0 Å². The molecule has 0 aliphatic carbocycles. The second-order valence-electron chi connectivity index (χ2n) is 3.35. The van der Waals surface area contributed by atoms with Gasteiger partial charge in [0.2, 0.25) is 0 Å². The average molecular weight is 242 g/mol. The molecule has 0 bridgehead atoms. The van der Waals surface area contributed by atoms with Gasteiger partial charge < -0.3 is 15.3 Å². The first-order chi connectivity index (χ1) is 7.70. The van der Waals surface area contributed by atoms with Gasteiger partial charge in [-0.1, -0.05) is 0 Å². The third-order valence-corrected chi connectivity index (χ3v) is 2.85. The summed E-state index contributed by atoms with van der Waals surface area (Å²) in [7, 11) is 0. The molecule has 2 rings (SSSR count). The number of carboxylic acids is 1. The lowest BCUT2D eigenvalue weighted by Gasteiger charge is -2.32. The summed E-state index contributed by atoms with van der Waals surface area (Å²) in [6.07, 6.45) is 1.36. The van der Waals surface area contributed by atoms with Crippen LogP contribution in [0.4, 0.5) is 0 Å². The molecule has 1 saturated heterocycles. The van der Waals surface area contributed by atoms with E-state index in [1.807, 2.05) is 0 Å². The van der Waals surface area contributed by atoms with E-state index in [1.54, 1.807) is 0 Å². The summed E-state index contributed by atoms with van der Waals surface area (Å²) in [4.78, 5) is 24.2. The first kappa shape index (κ1) is 11.0. The van der Waals surface area contributed by atoms with Crippen molar-refractivity contribution in [3.8, 4) is 0 Å². The van der Waals surface area contributed by atoms with Gasteiger partial charge in [0.15, 0.2) is 5.69 Å². The van der Waals surface area contributed by atoms with Crippen LogP contribution in [-0.2, 0) is 4.79 Å². The summed E-state index contributed by atoms with van der Waals surface area (Å²) in [5, 5.41) is 11.9. The number of rotatable bonds is 2. The maximum atomic E-state index is 11.9. The number of piperazine rings is 1. The molecule has 1 amide bonds. The van der Waals surface area contributed by atoms with E-state index in [1.165, 1.54) is 11.1 Å². The van der Waals surface area contributed by atoms with Crippen LogP contribution in [0.1, 0.15) is 10.5 Å². The van der Waals surface area contributed by atoms with Gasteiger partial charge in [0.25, 0.3) is 5.91 Å². The fraction of sp³-hybridized carbons (Fsp3) is 0.500. The molecule has 1 aliphatic rings. The molecule has 1 atom stereocenters. The first-order valence-corrected chi connectivity index (χ1v) is 5.45. The summed E-state index contributed by atoms with van der Waals surface area (Å²) >= 11 is 0.931. The summed E-state index contributed by atoms with van der Waals surface area (Å²) in [5.41, 5.74) is 0.207. The number of aliphatic carboxylic acids is 1. The van der Waals surface area contributed by atoms with E-state index in [0.717, 1.165) is 11.7 Å². The van der Waals surface area contributed by atoms with Gasteiger partial charge in [-0.2, -0.15) is 8.75 Å². The number of carbonyl (C=O) groups is 2. The van der Waals surface area contributed by atoms with Crippen LogP contribution in [0.2, 0.25) is 0 Å². The smallest absolute Gasteiger partial charge is 0.327 e. The Morgan fingerprint density at radius 1 is 1.62 bits per heavy atom. The third kappa shape index (κ3) is 2.02. The molecular weight excluding hydrogens is 232 g/mol. The van der Waals surface area contributed by atoms with Gasteiger partial charge in [0.05, 0.1) is 17.9 Å². The summed E-state index contributed by atoms with van der Waals surface area (Å²) in [6.45, 7) is 1.22. The number of carbonyl (C=O) groups excluding carboxylic acids is 1. The van der Waals surface area contributed by atoms with Crippen LogP contribution in [0, 0.1) is 0 Å². The Morgan fingerprint density at radius 2 is 2.44 bits per heavy atom. The Balaban J connectivity index is 2.17. The normalized spacial score (nSPS) is 20.8. The second-order valence-corrected chi connectivity index (χ2v) is 3.91. The van der Waals surface area contributed by atoms with Crippen molar-refractivity contribution in [3.63, 3.8) is 0 Å². The molecule has 1 unspecified atom stereocenters. The fourth-order valence-corrected chi connectivity index (χ4v) is 1.98. The van der Waals surface area contributed by atoms with Gasteiger partial charge >= 0.3 is 5.97 Å². The van der Waals surface area contributed by atoms with E-state index in [0.29, 0.717) is 13.1 Å². The quantitative estimate of drug-likeness (QED) is 0.693. The summed E-state index contributed by atoms with van der Waals surface area (Å²) in [5.74, 6) is -1.38. The minimum Gasteiger partial charge on any atom is -0.480 e. The number of nitrogens with one attached hydrogen (secondary N) is 1. The molecule has 1 aromatic rings. The molecule has 0 saturated carbocycles. The van der Waals surface area contributed by atoms with Crippen LogP contribution in [0.15, 0.2) is 6.20 Å². The highest BCUT2D eigenvalue weighted by Crippen LogP contribution is 2.09. The topological polar surface area (TPSA) is 95.4 Å². The van der Waals surface area contributed by atoms with Gasteiger partial charge in [-0.3, -0.25) is 4.79 Å². The van der Waals surface area contributed by atoms with Crippen molar-refractivity contribution in [2.75, 3.05) is 19.6 Å². The zero-order valence-corrected chi connectivity index (χ0v) is 9.11. The Bertz CT molecular complexity index is 394. The highest BCUT2D eigenvalue weighted by molar-refractivity contribution is 6.99. The predicted octanol–water partition coefficient (Wildman–Crippen LogP) is -0.963. The monoisotopic (exact) mass is 242 g/mol. The molecular formula is C8H10N4O3S. The Kier molecular flexibility index (Phi) is 3.11. The average Bonchev–Trinajstić information content (AvgIpc) is 2.81. The van der Waals surface area contributed by atoms with Crippen LogP contribution < -0.4 is 5.32 Å². The molecule has 7 nitrogen and oxygen atoms in total. The zero-order valence-electron chi connectivity index (χ0n) is 8.29. The minimum atomic E-state index is -1.01. The Morgan fingerprint density at radius 3 is 3.06 bits per heavy atom. The largest absolute Gasteiger partial charge is 0.480 e. The van der Waals surface area contributed by atoms with Crippen molar-refractivity contribution in [1.29, 1.82) is 0 Å². The first-order valence-electron chi connectivity index (χ1n) is 4.72. The molecule has 16 heavy (non-hydrogen) atoms. The van der Waals surface area contributed by atoms with Crippen molar-refractivity contribution in [2.45, 2.75) is 6.04 Å². The van der Waals surface area contributed by atoms with Gasteiger partial charge in [0, 0.05) is 19.6 Å². The van der Waals surface area contributed by atoms with Crippen LogP contribution >= 0.6 is 11.7 Å². The molecule has 0 radical (unpaired) electrons. The van der Waals surface area contributed by atoms with Gasteiger partial charge in [-0.05, 0) is 0 Å². The SMILES string of the molecule is O=C(O)C1CNCCN1C(=O)c1cnsn1. The predicted molar refractivity (Wildman–Crippen MR) is 55.2 cm³/mol. The number of amides is 1. The van der Waals surface area contributed by atoms with Crippen molar-refractivity contribution in [3.05, 3.63) is 11.9 Å². The van der Waals surface area contributed by atoms with E-state index in [2.05, 4.69) is 14.1 Å².